The lowest BCUT2D eigenvalue weighted by molar-refractivity contribution is -0.144. The Kier molecular flexibility index (Phi) is 3.45. The van der Waals surface area contributed by atoms with E-state index < -0.39 is 12.0 Å². The molecule has 1 atom stereocenters. The number of alkyl halides is 3. The second-order valence-corrected chi connectivity index (χ2v) is 4.18. The summed E-state index contributed by atoms with van der Waals surface area (Å²) in [5.74, 6) is -1.61. The van der Waals surface area contributed by atoms with E-state index >= 15 is 0 Å². The Hall–Kier alpha value is -2.06. The van der Waals surface area contributed by atoms with E-state index in [1.165, 1.54) is 6.07 Å². The van der Waals surface area contributed by atoms with Gasteiger partial charge in [0.05, 0.1) is 0 Å². The molecule has 4 N–H and O–H groups in total. The van der Waals surface area contributed by atoms with Gasteiger partial charge in [0.1, 0.15) is 11.6 Å². The first kappa shape index (κ1) is 13.4. The maximum Gasteiger partial charge on any atom is 0.451 e. The van der Waals surface area contributed by atoms with E-state index in [0.717, 1.165) is 0 Å². The topological polar surface area (TPSA) is 92.9 Å². The van der Waals surface area contributed by atoms with Crippen LogP contribution in [0.1, 0.15) is 18.7 Å². The average Bonchev–Trinajstić information content (AvgIpc) is 2.30. The van der Waals surface area contributed by atoms with Crippen LogP contribution in [0.3, 0.4) is 0 Å². The number of carbonyl (C=O) groups is 1. The lowest BCUT2D eigenvalue weighted by Crippen LogP contribution is -2.42. The summed E-state index contributed by atoms with van der Waals surface area (Å²) in [6.07, 6.45) is -3.80. The van der Waals surface area contributed by atoms with Crippen LogP contribution in [0.15, 0.2) is 6.07 Å². The van der Waals surface area contributed by atoms with Gasteiger partial charge in [-0.05, 0) is 6.42 Å². The van der Waals surface area contributed by atoms with Gasteiger partial charge < -0.3 is 16.4 Å². The van der Waals surface area contributed by atoms with E-state index in [2.05, 4.69) is 20.6 Å². The molecule has 0 spiro atoms. The number of carbonyl (C=O) groups excluding carboxylic acids is 1. The molecule has 6 nitrogen and oxygen atoms in total. The van der Waals surface area contributed by atoms with Crippen LogP contribution >= 0.6 is 0 Å². The first-order valence-electron chi connectivity index (χ1n) is 5.59. The lowest BCUT2D eigenvalue weighted by Gasteiger charge is -2.24. The standard InChI is InChI=1S/C10H12F3N5O/c11-10(12,13)9-17-6(14)3-7(18-9)16-5-1-2-8(19)15-4-5/h3,5H,1-2,4H2,(H,15,19)(H3,14,16,17,18). The molecule has 2 heterocycles. The van der Waals surface area contributed by atoms with E-state index in [0.29, 0.717) is 19.4 Å². The highest BCUT2D eigenvalue weighted by atomic mass is 19.4. The fraction of sp³-hybridized carbons (Fsp3) is 0.500. The molecule has 1 aromatic heterocycles. The van der Waals surface area contributed by atoms with Crippen LogP contribution in [-0.4, -0.2) is 28.5 Å². The number of nitrogen functional groups attached to an aromatic ring is 1. The maximum absolute atomic E-state index is 12.5. The second-order valence-electron chi connectivity index (χ2n) is 4.18. The summed E-state index contributed by atoms with van der Waals surface area (Å²) in [6.45, 7) is 0.337. The van der Waals surface area contributed by atoms with E-state index in [1.54, 1.807) is 0 Å². The van der Waals surface area contributed by atoms with Crippen molar-refractivity contribution in [3.8, 4) is 0 Å². The Morgan fingerprint density at radius 3 is 2.74 bits per heavy atom. The number of halogens is 3. The summed E-state index contributed by atoms with van der Waals surface area (Å²) in [4.78, 5) is 17.5. The number of hydrogen-bond acceptors (Lipinski definition) is 5. The summed E-state index contributed by atoms with van der Waals surface area (Å²) in [5.41, 5.74) is 5.32. The number of piperidine rings is 1. The van der Waals surface area contributed by atoms with Crippen LogP contribution in [0.25, 0.3) is 0 Å². The summed E-state index contributed by atoms with van der Waals surface area (Å²) in [6, 6.07) is 1.05. The van der Waals surface area contributed by atoms with Gasteiger partial charge in [0, 0.05) is 25.1 Å². The molecule has 1 aliphatic rings. The van der Waals surface area contributed by atoms with Crippen LogP contribution in [0, 0.1) is 0 Å². The van der Waals surface area contributed by atoms with E-state index in [9.17, 15) is 18.0 Å². The number of rotatable bonds is 2. The number of nitrogens with zero attached hydrogens (tertiary/aromatic N) is 2. The normalized spacial score (nSPS) is 19.9. The predicted octanol–water partition coefficient (Wildman–Crippen LogP) is 0.768. The highest BCUT2D eigenvalue weighted by Gasteiger charge is 2.35. The van der Waals surface area contributed by atoms with Gasteiger partial charge in [0.15, 0.2) is 0 Å². The number of amides is 1. The molecule has 0 bridgehead atoms. The minimum absolute atomic E-state index is 0.000902. The molecule has 1 amide bonds. The molecule has 1 aromatic rings. The van der Waals surface area contributed by atoms with Gasteiger partial charge in [0.2, 0.25) is 11.7 Å². The number of nitrogens with one attached hydrogen (secondary N) is 2. The molecule has 0 aliphatic carbocycles. The van der Waals surface area contributed by atoms with Crippen LogP contribution in [-0.2, 0) is 11.0 Å². The Labute approximate surface area is 106 Å². The van der Waals surface area contributed by atoms with E-state index in [1.807, 2.05) is 0 Å². The van der Waals surface area contributed by atoms with Crippen molar-refractivity contribution in [1.82, 2.24) is 15.3 Å². The van der Waals surface area contributed by atoms with Crippen molar-refractivity contribution in [1.29, 1.82) is 0 Å². The quantitative estimate of drug-likeness (QED) is 0.741. The maximum atomic E-state index is 12.5. The fourth-order valence-electron chi connectivity index (χ4n) is 1.73. The summed E-state index contributed by atoms with van der Waals surface area (Å²) >= 11 is 0. The molecule has 0 saturated carbocycles. The van der Waals surface area contributed by atoms with Crippen molar-refractivity contribution < 1.29 is 18.0 Å². The Balaban J connectivity index is 2.12. The van der Waals surface area contributed by atoms with E-state index in [-0.39, 0.29) is 23.6 Å². The van der Waals surface area contributed by atoms with Gasteiger partial charge in [-0.3, -0.25) is 4.79 Å². The largest absolute Gasteiger partial charge is 0.451 e. The molecular weight excluding hydrogens is 263 g/mol. The number of anilines is 2. The van der Waals surface area contributed by atoms with Gasteiger partial charge >= 0.3 is 6.18 Å². The number of aromatic nitrogens is 2. The van der Waals surface area contributed by atoms with Crippen LogP contribution in [0.5, 0.6) is 0 Å². The molecule has 0 radical (unpaired) electrons. The Morgan fingerprint density at radius 1 is 1.42 bits per heavy atom. The zero-order chi connectivity index (χ0) is 14.0. The van der Waals surface area contributed by atoms with Gasteiger partial charge in [-0.1, -0.05) is 0 Å². The Morgan fingerprint density at radius 2 is 2.16 bits per heavy atom. The zero-order valence-electron chi connectivity index (χ0n) is 9.79. The molecule has 9 heteroatoms. The molecule has 1 fully saturated rings. The van der Waals surface area contributed by atoms with Crippen LogP contribution in [0.2, 0.25) is 0 Å². The van der Waals surface area contributed by atoms with Crippen LogP contribution < -0.4 is 16.4 Å². The molecule has 1 saturated heterocycles. The second kappa shape index (κ2) is 4.90. The van der Waals surface area contributed by atoms with Crippen molar-refractivity contribution in [2.45, 2.75) is 25.1 Å². The zero-order valence-corrected chi connectivity index (χ0v) is 9.79. The average molecular weight is 275 g/mol. The van der Waals surface area contributed by atoms with Gasteiger partial charge in [-0.25, -0.2) is 9.97 Å². The smallest absolute Gasteiger partial charge is 0.384 e. The molecule has 104 valence electrons. The minimum atomic E-state index is -4.65. The molecule has 2 rings (SSSR count). The summed E-state index contributed by atoms with van der Waals surface area (Å²) < 4.78 is 37.5. The molecule has 1 unspecified atom stereocenters. The highest BCUT2D eigenvalue weighted by Crippen LogP contribution is 2.28. The van der Waals surface area contributed by atoms with Gasteiger partial charge in [-0.15, -0.1) is 0 Å². The molecule has 1 aliphatic heterocycles. The predicted molar refractivity (Wildman–Crippen MR) is 61.1 cm³/mol. The molecule has 0 aromatic carbocycles. The van der Waals surface area contributed by atoms with Crippen molar-refractivity contribution in [3.05, 3.63) is 11.9 Å². The highest BCUT2D eigenvalue weighted by molar-refractivity contribution is 5.77. The number of hydrogen-bond donors (Lipinski definition) is 3. The number of nitrogens with two attached hydrogens (primary N) is 1. The van der Waals surface area contributed by atoms with Crippen molar-refractivity contribution in [2.24, 2.45) is 0 Å². The van der Waals surface area contributed by atoms with Crippen LogP contribution in [0.4, 0.5) is 24.8 Å². The summed E-state index contributed by atoms with van der Waals surface area (Å²) in [7, 11) is 0. The van der Waals surface area contributed by atoms with Crippen molar-refractivity contribution in [2.75, 3.05) is 17.6 Å². The monoisotopic (exact) mass is 275 g/mol. The van der Waals surface area contributed by atoms with Crippen molar-refractivity contribution in [3.63, 3.8) is 0 Å². The lowest BCUT2D eigenvalue weighted by atomic mass is 10.1. The third-order valence-corrected chi connectivity index (χ3v) is 2.62. The third-order valence-electron chi connectivity index (χ3n) is 2.62. The fourth-order valence-corrected chi connectivity index (χ4v) is 1.73. The third kappa shape index (κ3) is 3.46. The molecular formula is C10H12F3N5O. The van der Waals surface area contributed by atoms with Gasteiger partial charge in [0.25, 0.3) is 0 Å². The SMILES string of the molecule is Nc1cc(NC2CCC(=O)NC2)nc(C(F)(F)F)n1. The molecule has 19 heavy (non-hydrogen) atoms. The first-order valence-corrected chi connectivity index (χ1v) is 5.59. The minimum Gasteiger partial charge on any atom is -0.384 e. The van der Waals surface area contributed by atoms with E-state index in [4.69, 9.17) is 5.73 Å². The summed E-state index contributed by atoms with van der Waals surface area (Å²) in [5, 5.41) is 5.42. The van der Waals surface area contributed by atoms with Crippen molar-refractivity contribution >= 4 is 17.5 Å². The Bertz CT molecular complexity index is 481. The van der Waals surface area contributed by atoms with Gasteiger partial charge in [-0.2, -0.15) is 13.2 Å². The first-order chi connectivity index (χ1) is 8.84.